The lowest BCUT2D eigenvalue weighted by atomic mass is 10.2. The molecule has 0 atom stereocenters. The summed E-state index contributed by atoms with van der Waals surface area (Å²) in [7, 11) is 0. The van der Waals surface area contributed by atoms with Crippen molar-refractivity contribution in [3.05, 3.63) is 57.0 Å². The summed E-state index contributed by atoms with van der Waals surface area (Å²) in [6, 6.07) is 10.7. The number of ether oxygens (including phenoxy) is 1. The minimum absolute atomic E-state index is 0.479. The summed E-state index contributed by atoms with van der Waals surface area (Å²) >= 11 is 9.40. The molecule has 0 heterocycles. The van der Waals surface area contributed by atoms with Gasteiger partial charge in [0.2, 0.25) is 0 Å². The fraction of sp³-hybridized carbons (Fsp3) is 0.0714. The van der Waals surface area contributed by atoms with Crippen LogP contribution in [0.5, 0.6) is 11.5 Å². The molecule has 18 heavy (non-hydrogen) atoms. The highest BCUT2D eigenvalue weighted by atomic mass is 79.9. The first kappa shape index (κ1) is 13.1. The molecule has 0 bridgehead atoms. The normalized spacial score (nSPS) is 10.2. The standard InChI is InChI=1S/C14H10BrClO2/c1-9-2-5-12(16)14(6-9)18-13-7-11(15)4-3-10(13)8-17/h2-8H,1H3. The minimum atomic E-state index is 0.479. The third-order valence-electron chi connectivity index (χ3n) is 2.41. The lowest BCUT2D eigenvalue weighted by Gasteiger charge is -2.10. The summed E-state index contributed by atoms with van der Waals surface area (Å²) in [5.74, 6) is 1.02. The smallest absolute Gasteiger partial charge is 0.153 e. The van der Waals surface area contributed by atoms with Gasteiger partial charge in [-0.1, -0.05) is 33.6 Å². The number of carbonyl (C=O) groups excluding carboxylic acids is 1. The Morgan fingerprint density at radius 2 is 1.94 bits per heavy atom. The average Bonchev–Trinajstić information content (AvgIpc) is 2.34. The van der Waals surface area contributed by atoms with E-state index < -0.39 is 0 Å². The van der Waals surface area contributed by atoms with Gasteiger partial charge >= 0.3 is 0 Å². The molecule has 2 nitrogen and oxygen atoms in total. The zero-order chi connectivity index (χ0) is 13.1. The minimum Gasteiger partial charge on any atom is -0.455 e. The van der Waals surface area contributed by atoms with Crippen LogP contribution in [-0.2, 0) is 0 Å². The van der Waals surface area contributed by atoms with Crippen LogP contribution in [0.2, 0.25) is 5.02 Å². The van der Waals surface area contributed by atoms with E-state index in [4.69, 9.17) is 16.3 Å². The largest absolute Gasteiger partial charge is 0.455 e. The third kappa shape index (κ3) is 2.92. The zero-order valence-corrected chi connectivity index (χ0v) is 12.0. The Morgan fingerprint density at radius 1 is 1.17 bits per heavy atom. The van der Waals surface area contributed by atoms with Crippen molar-refractivity contribution in [2.24, 2.45) is 0 Å². The molecule has 4 heteroatoms. The van der Waals surface area contributed by atoms with Crippen molar-refractivity contribution >= 4 is 33.8 Å². The first-order valence-corrected chi connectivity index (χ1v) is 6.46. The fourth-order valence-electron chi connectivity index (χ4n) is 1.50. The van der Waals surface area contributed by atoms with Gasteiger partial charge in [-0.3, -0.25) is 4.79 Å². The fourth-order valence-corrected chi connectivity index (χ4v) is 2.00. The molecule has 0 spiro atoms. The molecule has 0 aromatic heterocycles. The Morgan fingerprint density at radius 3 is 2.67 bits per heavy atom. The molecule has 2 aromatic carbocycles. The predicted molar refractivity (Wildman–Crippen MR) is 75.8 cm³/mol. The Hall–Kier alpha value is -1.32. The van der Waals surface area contributed by atoms with Crippen LogP contribution in [0.3, 0.4) is 0 Å². The van der Waals surface area contributed by atoms with Gasteiger partial charge in [-0.15, -0.1) is 0 Å². The van der Waals surface area contributed by atoms with Gasteiger partial charge in [-0.25, -0.2) is 0 Å². The number of hydrogen-bond acceptors (Lipinski definition) is 2. The highest BCUT2D eigenvalue weighted by Gasteiger charge is 2.08. The van der Waals surface area contributed by atoms with E-state index in [-0.39, 0.29) is 0 Å². The van der Waals surface area contributed by atoms with E-state index in [0.717, 1.165) is 16.3 Å². The number of halogens is 2. The Bertz CT molecular complexity index is 596. The maximum atomic E-state index is 11.0. The molecule has 2 rings (SSSR count). The number of benzene rings is 2. The summed E-state index contributed by atoms with van der Waals surface area (Å²) < 4.78 is 6.54. The molecular formula is C14H10BrClO2. The summed E-state index contributed by atoms with van der Waals surface area (Å²) in [5.41, 5.74) is 1.52. The molecule has 0 N–H and O–H groups in total. The Balaban J connectivity index is 2.41. The maximum Gasteiger partial charge on any atom is 0.153 e. The highest BCUT2D eigenvalue weighted by molar-refractivity contribution is 9.10. The van der Waals surface area contributed by atoms with Crippen LogP contribution >= 0.6 is 27.5 Å². The van der Waals surface area contributed by atoms with Crippen LogP contribution in [0.4, 0.5) is 0 Å². The van der Waals surface area contributed by atoms with E-state index in [1.165, 1.54) is 0 Å². The summed E-state index contributed by atoms with van der Waals surface area (Å²) in [6.45, 7) is 1.95. The summed E-state index contributed by atoms with van der Waals surface area (Å²) in [5, 5.41) is 0.512. The van der Waals surface area contributed by atoms with Crippen molar-refractivity contribution in [3.63, 3.8) is 0 Å². The number of carbonyl (C=O) groups is 1. The lowest BCUT2D eigenvalue weighted by Crippen LogP contribution is -1.91. The summed E-state index contributed by atoms with van der Waals surface area (Å²) in [6.07, 6.45) is 0.755. The van der Waals surface area contributed by atoms with Crippen LogP contribution in [0.15, 0.2) is 40.9 Å². The Kier molecular flexibility index (Phi) is 4.04. The lowest BCUT2D eigenvalue weighted by molar-refractivity contribution is 0.112. The van der Waals surface area contributed by atoms with E-state index in [1.807, 2.05) is 19.1 Å². The number of aryl methyl sites for hydroxylation is 1. The SMILES string of the molecule is Cc1ccc(Cl)c(Oc2cc(Br)ccc2C=O)c1. The van der Waals surface area contributed by atoms with Crippen molar-refractivity contribution in [3.8, 4) is 11.5 Å². The van der Waals surface area contributed by atoms with E-state index in [2.05, 4.69) is 15.9 Å². The average molecular weight is 326 g/mol. The van der Waals surface area contributed by atoms with Gasteiger partial charge in [0.15, 0.2) is 6.29 Å². The Labute approximate surface area is 119 Å². The van der Waals surface area contributed by atoms with Crippen LogP contribution in [0.25, 0.3) is 0 Å². The number of aldehydes is 1. The molecule has 0 amide bonds. The molecular weight excluding hydrogens is 316 g/mol. The first-order valence-electron chi connectivity index (χ1n) is 5.29. The molecule has 0 aliphatic heterocycles. The molecule has 2 aromatic rings. The maximum absolute atomic E-state index is 11.0. The topological polar surface area (TPSA) is 26.3 Å². The molecule has 0 unspecified atom stereocenters. The molecule has 0 saturated heterocycles. The predicted octanol–water partition coefficient (Wildman–Crippen LogP) is 5.02. The van der Waals surface area contributed by atoms with Gasteiger partial charge in [-0.2, -0.15) is 0 Å². The van der Waals surface area contributed by atoms with Gasteiger partial charge in [0.25, 0.3) is 0 Å². The molecule has 0 fully saturated rings. The van der Waals surface area contributed by atoms with Crippen LogP contribution in [0, 0.1) is 6.92 Å². The van der Waals surface area contributed by atoms with Gasteiger partial charge < -0.3 is 4.74 Å². The van der Waals surface area contributed by atoms with Gasteiger partial charge in [0.1, 0.15) is 11.5 Å². The van der Waals surface area contributed by atoms with Crippen LogP contribution in [-0.4, -0.2) is 6.29 Å². The van der Waals surface area contributed by atoms with E-state index >= 15 is 0 Å². The van der Waals surface area contributed by atoms with Gasteiger partial charge in [0, 0.05) is 4.47 Å². The van der Waals surface area contributed by atoms with Crippen molar-refractivity contribution in [2.75, 3.05) is 0 Å². The van der Waals surface area contributed by atoms with Crippen LogP contribution in [0.1, 0.15) is 15.9 Å². The first-order chi connectivity index (χ1) is 8.60. The second kappa shape index (κ2) is 5.55. The number of hydrogen-bond donors (Lipinski definition) is 0. The van der Waals surface area contributed by atoms with E-state index in [0.29, 0.717) is 22.1 Å². The zero-order valence-electron chi connectivity index (χ0n) is 9.61. The third-order valence-corrected chi connectivity index (χ3v) is 3.21. The second-order valence-electron chi connectivity index (χ2n) is 3.84. The van der Waals surface area contributed by atoms with Crippen molar-refractivity contribution in [1.29, 1.82) is 0 Å². The molecule has 0 aliphatic rings. The summed E-state index contributed by atoms with van der Waals surface area (Å²) in [4.78, 5) is 11.0. The number of rotatable bonds is 3. The molecule has 92 valence electrons. The molecule has 0 radical (unpaired) electrons. The van der Waals surface area contributed by atoms with Gasteiger partial charge in [0.05, 0.1) is 10.6 Å². The van der Waals surface area contributed by atoms with Crippen molar-refractivity contribution < 1.29 is 9.53 Å². The van der Waals surface area contributed by atoms with Crippen molar-refractivity contribution in [2.45, 2.75) is 6.92 Å². The quantitative estimate of drug-likeness (QED) is 0.741. The van der Waals surface area contributed by atoms with Crippen LogP contribution < -0.4 is 4.74 Å². The second-order valence-corrected chi connectivity index (χ2v) is 5.16. The van der Waals surface area contributed by atoms with E-state index in [1.54, 1.807) is 24.3 Å². The van der Waals surface area contributed by atoms with E-state index in [9.17, 15) is 4.79 Å². The molecule has 0 aliphatic carbocycles. The van der Waals surface area contributed by atoms with Crippen molar-refractivity contribution in [1.82, 2.24) is 0 Å². The molecule has 0 saturated carbocycles. The highest BCUT2D eigenvalue weighted by Crippen LogP contribution is 2.32. The monoisotopic (exact) mass is 324 g/mol. The van der Waals surface area contributed by atoms with Gasteiger partial charge in [-0.05, 0) is 42.8 Å².